The molecule has 0 saturated carbocycles. The monoisotopic (exact) mass is 268 g/mol. The van der Waals surface area contributed by atoms with Gasteiger partial charge in [0.25, 0.3) is 0 Å². The summed E-state index contributed by atoms with van der Waals surface area (Å²) in [6, 6.07) is 0. The zero-order valence-electron chi connectivity index (χ0n) is 10.6. The Labute approximate surface area is 109 Å². The van der Waals surface area contributed by atoms with E-state index in [0.717, 1.165) is 16.4 Å². The van der Waals surface area contributed by atoms with Crippen molar-refractivity contribution in [1.29, 1.82) is 0 Å². The van der Waals surface area contributed by atoms with E-state index in [1.807, 2.05) is 0 Å². The molecule has 8 heteroatoms. The first kappa shape index (κ1) is 13.1. The van der Waals surface area contributed by atoms with Crippen LogP contribution in [-0.2, 0) is 17.9 Å². The van der Waals surface area contributed by atoms with E-state index >= 15 is 0 Å². The molecule has 0 bridgehead atoms. The van der Waals surface area contributed by atoms with Gasteiger partial charge in [-0.1, -0.05) is 30.4 Å². The second-order valence-corrected chi connectivity index (χ2v) is 5.14. The SMILES string of the molecule is COCc1nnc(-n2nnc(CN)c2C(C)C)s1. The highest BCUT2D eigenvalue weighted by Gasteiger charge is 2.18. The second-order valence-electron chi connectivity index (χ2n) is 4.10. The highest BCUT2D eigenvalue weighted by atomic mass is 32.1. The number of aromatic nitrogens is 5. The zero-order chi connectivity index (χ0) is 13.1. The van der Waals surface area contributed by atoms with Crippen molar-refractivity contribution in [3.05, 3.63) is 16.4 Å². The van der Waals surface area contributed by atoms with Gasteiger partial charge < -0.3 is 10.5 Å². The molecule has 0 radical (unpaired) electrons. The molecule has 0 saturated heterocycles. The summed E-state index contributed by atoms with van der Waals surface area (Å²) in [5.41, 5.74) is 7.45. The van der Waals surface area contributed by atoms with E-state index in [9.17, 15) is 0 Å². The van der Waals surface area contributed by atoms with Crippen LogP contribution in [-0.4, -0.2) is 32.3 Å². The number of ether oxygens (including phenoxy) is 1. The molecule has 0 aromatic carbocycles. The number of rotatable bonds is 5. The predicted molar refractivity (Wildman–Crippen MR) is 67.5 cm³/mol. The average Bonchev–Trinajstić information content (AvgIpc) is 2.94. The first-order valence-corrected chi connectivity index (χ1v) is 6.45. The highest BCUT2D eigenvalue weighted by Crippen LogP contribution is 2.23. The Balaban J connectivity index is 2.40. The number of methoxy groups -OCH3 is 1. The maximum atomic E-state index is 5.66. The third-order valence-corrected chi connectivity index (χ3v) is 3.30. The molecule has 0 atom stereocenters. The lowest BCUT2D eigenvalue weighted by Crippen LogP contribution is -2.07. The molecule has 2 heterocycles. The Bertz CT molecular complexity index is 520. The van der Waals surface area contributed by atoms with E-state index in [1.165, 1.54) is 11.3 Å². The van der Waals surface area contributed by atoms with Gasteiger partial charge in [0.2, 0.25) is 5.13 Å². The zero-order valence-corrected chi connectivity index (χ0v) is 11.4. The lowest BCUT2D eigenvalue weighted by molar-refractivity contribution is 0.184. The topological polar surface area (TPSA) is 91.7 Å². The van der Waals surface area contributed by atoms with Crippen LogP contribution in [0.3, 0.4) is 0 Å². The minimum atomic E-state index is 0.272. The Kier molecular flexibility index (Phi) is 4.00. The number of hydrogen-bond acceptors (Lipinski definition) is 7. The van der Waals surface area contributed by atoms with Crippen LogP contribution in [0.25, 0.3) is 5.13 Å². The van der Waals surface area contributed by atoms with E-state index in [0.29, 0.717) is 18.3 Å². The van der Waals surface area contributed by atoms with Crippen molar-refractivity contribution in [2.45, 2.75) is 32.9 Å². The van der Waals surface area contributed by atoms with Crippen LogP contribution >= 0.6 is 11.3 Å². The lowest BCUT2D eigenvalue weighted by atomic mass is 10.1. The Morgan fingerprint density at radius 1 is 1.33 bits per heavy atom. The van der Waals surface area contributed by atoms with Crippen molar-refractivity contribution in [2.75, 3.05) is 7.11 Å². The molecular weight excluding hydrogens is 252 g/mol. The molecule has 7 nitrogen and oxygen atoms in total. The standard InChI is InChI=1S/C10H16N6OS/c1-6(2)9-7(4-11)12-15-16(9)10-14-13-8(18-10)5-17-3/h6H,4-5,11H2,1-3H3. The first-order valence-electron chi connectivity index (χ1n) is 5.63. The van der Waals surface area contributed by atoms with Gasteiger partial charge in [0.05, 0.1) is 5.69 Å². The van der Waals surface area contributed by atoms with Crippen LogP contribution in [0.15, 0.2) is 0 Å². The summed E-state index contributed by atoms with van der Waals surface area (Å²) in [4.78, 5) is 0. The Hall–Kier alpha value is -1.38. The fraction of sp³-hybridized carbons (Fsp3) is 0.600. The number of nitrogens with zero attached hydrogens (tertiary/aromatic N) is 5. The minimum absolute atomic E-state index is 0.272. The van der Waals surface area contributed by atoms with E-state index in [1.54, 1.807) is 11.8 Å². The molecule has 98 valence electrons. The first-order chi connectivity index (χ1) is 8.67. The summed E-state index contributed by atoms with van der Waals surface area (Å²) in [6.07, 6.45) is 0. The van der Waals surface area contributed by atoms with E-state index in [4.69, 9.17) is 10.5 Å². The van der Waals surface area contributed by atoms with Crippen LogP contribution < -0.4 is 5.73 Å². The fourth-order valence-electron chi connectivity index (χ4n) is 1.70. The molecule has 0 spiro atoms. The Morgan fingerprint density at radius 3 is 2.72 bits per heavy atom. The van der Waals surface area contributed by atoms with Crippen LogP contribution in [0, 0.1) is 0 Å². The highest BCUT2D eigenvalue weighted by molar-refractivity contribution is 7.13. The number of nitrogens with two attached hydrogens (primary N) is 1. The predicted octanol–water partition coefficient (Wildman–Crippen LogP) is 0.847. The van der Waals surface area contributed by atoms with Gasteiger partial charge in [-0.05, 0) is 5.92 Å². The molecule has 0 unspecified atom stereocenters. The molecule has 0 fully saturated rings. The molecule has 0 amide bonds. The molecule has 2 N–H and O–H groups in total. The summed E-state index contributed by atoms with van der Waals surface area (Å²) >= 11 is 1.44. The van der Waals surface area contributed by atoms with Gasteiger partial charge in [-0.3, -0.25) is 0 Å². The van der Waals surface area contributed by atoms with E-state index < -0.39 is 0 Å². The van der Waals surface area contributed by atoms with Crippen LogP contribution in [0.1, 0.15) is 36.2 Å². The van der Waals surface area contributed by atoms with Crippen molar-refractivity contribution in [1.82, 2.24) is 25.2 Å². The lowest BCUT2D eigenvalue weighted by Gasteiger charge is -2.07. The van der Waals surface area contributed by atoms with Crippen molar-refractivity contribution in [3.8, 4) is 5.13 Å². The van der Waals surface area contributed by atoms with E-state index in [2.05, 4.69) is 34.4 Å². The van der Waals surface area contributed by atoms with Gasteiger partial charge in [-0.2, -0.15) is 4.68 Å². The summed E-state index contributed by atoms with van der Waals surface area (Å²) in [5.74, 6) is 0.272. The fourth-order valence-corrected chi connectivity index (χ4v) is 2.47. The van der Waals surface area contributed by atoms with E-state index in [-0.39, 0.29) is 5.92 Å². The van der Waals surface area contributed by atoms with Gasteiger partial charge in [0, 0.05) is 13.7 Å². The second kappa shape index (κ2) is 5.51. The maximum Gasteiger partial charge on any atom is 0.234 e. The Morgan fingerprint density at radius 2 is 2.11 bits per heavy atom. The molecule has 2 rings (SSSR count). The molecule has 0 aliphatic carbocycles. The maximum absolute atomic E-state index is 5.66. The van der Waals surface area contributed by atoms with Crippen molar-refractivity contribution in [3.63, 3.8) is 0 Å². The molecule has 0 aliphatic rings. The van der Waals surface area contributed by atoms with Crippen molar-refractivity contribution < 1.29 is 4.74 Å². The molecular formula is C10H16N6OS. The smallest absolute Gasteiger partial charge is 0.234 e. The van der Waals surface area contributed by atoms with Gasteiger partial charge in [-0.25, -0.2) is 0 Å². The number of hydrogen-bond donors (Lipinski definition) is 1. The van der Waals surface area contributed by atoms with Crippen LogP contribution in [0.4, 0.5) is 0 Å². The van der Waals surface area contributed by atoms with Crippen molar-refractivity contribution in [2.24, 2.45) is 5.73 Å². The molecule has 0 aliphatic heterocycles. The van der Waals surface area contributed by atoms with Crippen LogP contribution in [0.5, 0.6) is 0 Å². The van der Waals surface area contributed by atoms with Gasteiger partial charge >= 0.3 is 0 Å². The molecule has 2 aromatic heterocycles. The van der Waals surface area contributed by atoms with Gasteiger partial charge in [0.1, 0.15) is 17.3 Å². The summed E-state index contributed by atoms with van der Waals surface area (Å²) in [5, 5.41) is 17.8. The summed E-state index contributed by atoms with van der Waals surface area (Å²) in [6.45, 7) is 4.97. The largest absolute Gasteiger partial charge is 0.377 e. The molecule has 2 aromatic rings. The molecule has 18 heavy (non-hydrogen) atoms. The minimum Gasteiger partial charge on any atom is -0.377 e. The third-order valence-electron chi connectivity index (χ3n) is 2.42. The van der Waals surface area contributed by atoms with Crippen LogP contribution in [0.2, 0.25) is 0 Å². The summed E-state index contributed by atoms with van der Waals surface area (Å²) in [7, 11) is 1.63. The van der Waals surface area contributed by atoms with Gasteiger partial charge in [0.15, 0.2) is 0 Å². The van der Waals surface area contributed by atoms with Crippen molar-refractivity contribution >= 4 is 11.3 Å². The summed E-state index contributed by atoms with van der Waals surface area (Å²) < 4.78 is 6.74. The average molecular weight is 268 g/mol. The van der Waals surface area contributed by atoms with Gasteiger partial charge in [-0.15, -0.1) is 15.3 Å². The normalized spacial score (nSPS) is 11.4. The quantitative estimate of drug-likeness (QED) is 0.864. The third kappa shape index (κ3) is 2.40.